The highest BCUT2D eigenvalue weighted by Gasteiger charge is 2.52. The van der Waals surface area contributed by atoms with Crippen molar-refractivity contribution >= 4 is 5.97 Å². The molecule has 1 aliphatic rings. The lowest BCUT2D eigenvalue weighted by Crippen LogP contribution is -2.51. The molecule has 1 saturated carbocycles. The van der Waals surface area contributed by atoms with Gasteiger partial charge in [0.2, 0.25) is 0 Å². The molecule has 0 atom stereocenters. The van der Waals surface area contributed by atoms with Crippen LogP contribution in [0.2, 0.25) is 0 Å². The summed E-state index contributed by atoms with van der Waals surface area (Å²) in [5, 5.41) is 18.2. The second-order valence-corrected chi connectivity index (χ2v) is 4.05. The van der Waals surface area contributed by atoms with Gasteiger partial charge in [-0.1, -0.05) is 12.1 Å². The van der Waals surface area contributed by atoms with Crippen molar-refractivity contribution in [3.8, 4) is 0 Å². The minimum atomic E-state index is -1.48. The zero-order chi connectivity index (χ0) is 11.9. The summed E-state index contributed by atoms with van der Waals surface area (Å²) in [5.74, 6) is -3.45. The second-order valence-electron chi connectivity index (χ2n) is 4.05. The number of rotatable bonds is 2. The third kappa shape index (κ3) is 1.39. The molecule has 0 spiro atoms. The monoisotopic (exact) mass is 228 g/mol. The van der Waals surface area contributed by atoms with E-state index in [0.29, 0.717) is 0 Å². The summed E-state index contributed by atoms with van der Waals surface area (Å²) in [6.45, 7) is 0. The number of carbonyl (C=O) groups is 1. The third-order valence-corrected chi connectivity index (χ3v) is 3.04. The predicted molar refractivity (Wildman–Crippen MR) is 50.9 cm³/mol. The minimum Gasteiger partial charge on any atom is -0.481 e. The van der Waals surface area contributed by atoms with E-state index in [2.05, 4.69) is 0 Å². The molecule has 1 aromatic carbocycles. The Labute approximate surface area is 90.3 Å². The van der Waals surface area contributed by atoms with Crippen LogP contribution < -0.4 is 0 Å². The molecule has 1 aromatic rings. The Morgan fingerprint density at radius 2 is 2.00 bits per heavy atom. The standard InChI is InChI=1S/C11H10F2O3/c12-8-3-1-2-7(9(8)13)11(10(15)16)4-6(14)5-11/h1-3,6,14H,4-5H2,(H,15,16). The Morgan fingerprint density at radius 1 is 1.38 bits per heavy atom. The Balaban J connectivity index is 2.49. The van der Waals surface area contributed by atoms with Crippen molar-refractivity contribution in [2.75, 3.05) is 0 Å². The lowest BCUT2D eigenvalue weighted by atomic mass is 9.62. The van der Waals surface area contributed by atoms with Gasteiger partial charge in [0.05, 0.1) is 6.10 Å². The van der Waals surface area contributed by atoms with Crippen LogP contribution >= 0.6 is 0 Å². The maximum atomic E-state index is 13.5. The van der Waals surface area contributed by atoms with Gasteiger partial charge in [-0.3, -0.25) is 4.79 Å². The Hall–Kier alpha value is -1.49. The molecule has 0 bridgehead atoms. The normalized spacial score (nSPS) is 28.6. The molecule has 0 amide bonds. The van der Waals surface area contributed by atoms with Crippen LogP contribution in [0.5, 0.6) is 0 Å². The number of aliphatic hydroxyl groups is 1. The summed E-state index contributed by atoms with van der Waals surface area (Å²) >= 11 is 0. The molecule has 5 heteroatoms. The van der Waals surface area contributed by atoms with Gasteiger partial charge in [0.25, 0.3) is 0 Å². The Bertz CT molecular complexity index is 439. The van der Waals surface area contributed by atoms with Crippen LogP contribution in [-0.4, -0.2) is 22.3 Å². The highest BCUT2D eigenvalue weighted by atomic mass is 19.2. The first-order valence-corrected chi connectivity index (χ1v) is 4.83. The highest BCUT2D eigenvalue weighted by molar-refractivity contribution is 5.83. The van der Waals surface area contributed by atoms with E-state index >= 15 is 0 Å². The van der Waals surface area contributed by atoms with E-state index in [1.807, 2.05) is 0 Å². The zero-order valence-electron chi connectivity index (χ0n) is 8.28. The molecule has 0 saturated heterocycles. The molecule has 0 aromatic heterocycles. The first-order chi connectivity index (χ1) is 7.47. The molecule has 0 aliphatic heterocycles. The number of halogens is 2. The Morgan fingerprint density at radius 3 is 2.50 bits per heavy atom. The van der Waals surface area contributed by atoms with Gasteiger partial charge in [0.1, 0.15) is 5.41 Å². The van der Waals surface area contributed by atoms with Crippen molar-refractivity contribution < 1.29 is 23.8 Å². The highest BCUT2D eigenvalue weighted by Crippen LogP contribution is 2.45. The molecule has 1 fully saturated rings. The fourth-order valence-corrected chi connectivity index (χ4v) is 2.13. The quantitative estimate of drug-likeness (QED) is 0.805. The van der Waals surface area contributed by atoms with Crippen molar-refractivity contribution in [3.05, 3.63) is 35.4 Å². The van der Waals surface area contributed by atoms with E-state index < -0.39 is 29.1 Å². The maximum absolute atomic E-state index is 13.5. The lowest BCUT2D eigenvalue weighted by Gasteiger charge is -2.42. The zero-order valence-corrected chi connectivity index (χ0v) is 8.28. The molecular formula is C11H10F2O3. The van der Waals surface area contributed by atoms with Gasteiger partial charge in [-0.2, -0.15) is 0 Å². The average Bonchev–Trinajstić information content (AvgIpc) is 2.17. The van der Waals surface area contributed by atoms with Gasteiger partial charge in [-0.05, 0) is 18.9 Å². The van der Waals surface area contributed by atoms with Crippen LogP contribution in [0.1, 0.15) is 18.4 Å². The van der Waals surface area contributed by atoms with E-state index in [9.17, 15) is 18.7 Å². The second kappa shape index (κ2) is 3.52. The van der Waals surface area contributed by atoms with Crippen molar-refractivity contribution in [1.82, 2.24) is 0 Å². The molecule has 3 nitrogen and oxygen atoms in total. The molecule has 2 N–H and O–H groups in total. The van der Waals surface area contributed by atoms with Crippen molar-refractivity contribution in [2.45, 2.75) is 24.4 Å². The number of hydrogen-bond acceptors (Lipinski definition) is 2. The van der Waals surface area contributed by atoms with Gasteiger partial charge in [0, 0.05) is 5.56 Å². The predicted octanol–water partition coefficient (Wildman–Crippen LogP) is 1.44. The number of benzene rings is 1. The number of carboxylic acid groups (broad SMARTS) is 1. The number of carboxylic acids is 1. The molecule has 0 radical (unpaired) electrons. The smallest absolute Gasteiger partial charge is 0.314 e. The SMILES string of the molecule is O=C(O)C1(c2cccc(F)c2F)CC(O)C1. The van der Waals surface area contributed by atoms with Gasteiger partial charge in [0.15, 0.2) is 11.6 Å². The Kier molecular flexibility index (Phi) is 2.42. The molecule has 0 unspecified atom stereocenters. The molecule has 86 valence electrons. The van der Waals surface area contributed by atoms with E-state index in [1.54, 1.807) is 0 Å². The van der Waals surface area contributed by atoms with E-state index in [0.717, 1.165) is 6.07 Å². The van der Waals surface area contributed by atoms with Crippen LogP contribution in [0.3, 0.4) is 0 Å². The number of aliphatic hydroxyl groups excluding tert-OH is 1. The molecule has 0 heterocycles. The first kappa shape index (κ1) is 11.0. The minimum absolute atomic E-state index is 0.0806. The summed E-state index contributed by atoms with van der Waals surface area (Å²) in [7, 11) is 0. The topological polar surface area (TPSA) is 57.5 Å². The van der Waals surface area contributed by atoms with E-state index in [4.69, 9.17) is 5.11 Å². The summed E-state index contributed by atoms with van der Waals surface area (Å²) in [4.78, 5) is 11.1. The fraction of sp³-hybridized carbons (Fsp3) is 0.364. The van der Waals surface area contributed by atoms with E-state index in [-0.39, 0.29) is 18.4 Å². The number of aliphatic carboxylic acids is 1. The van der Waals surface area contributed by atoms with Crippen molar-refractivity contribution in [2.24, 2.45) is 0 Å². The van der Waals surface area contributed by atoms with Crippen LogP contribution in [0.15, 0.2) is 18.2 Å². The number of hydrogen-bond donors (Lipinski definition) is 2. The van der Waals surface area contributed by atoms with Crippen molar-refractivity contribution in [3.63, 3.8) is 0 Å². The van der Waals surface area contributed by atoms with Crippen LogP contribution in [0, 0.1) is 11.6 Å². The van der Waals surface area contributed by atoms with E-state index in [1.165, 1.54) is 12.1 Å². The lowest BCUT2D eigenvalue weighted by molar-refractivity contribution is -0.153. The largest absolute Gasteiger partial charge is 0.481 e. The van der Waals surface area contributed by atoms with Gasteiger partial charge >= 0.3 is 5.97 Å². The molecule has 16 heavy (non-hydrogen) atoms. The van der Waals surface area contributed by atoms with Crippen molar-refractivity contribution in [1.29, 1.82) is 0 Å². The average molecular weight is 228 g/mol. The molecule has 2 rings (SSSR count). The first-order valence-electron chi connectivity index (χ1n) is 4.83. The van der Waals surface area contributed by atoms with Crippen LogP contribution in [0.25, 0.3) is 0 Å². The molecular weight excluding hydrogens is 218 g/mol. The van der Waals surface area contributed by atoms with Gasteiger partial charge in [-0.15, -0.1) is 0 Å². The molecule has 1 aliphatic carbocycles. The third-order valence-electron chi connectivity index (χ3n) is 3.04. The van der Waals surface area contributed by atoms with Crippen LogP contribution in [0.4, 0.5) is 8.78 Å². The van der Waals surface area contributed by atoms with Gasteiger partial charge < -0.3 is 10.2 Å². The summed E-state index contributed by atoms with van der Waals surface area (Å²) in [6.07, 6.45) is -0.926. The fourth-order valence-electron chi connectivity index (χ4n) is 2.13. The maximum Gasteiger partial charge on any atom is 0.314 e. The summed E-state index contributed by atoms with van der Waals surface area (Å²) in [6, 6.07) is 3.45. The van der Waals surface area contributed by atoms with Gasteiger partial charge in [-0.25, -0.2) is 8.78 Å². The van der Waals surface area contributed by atoms with Crippen LogP contribution in [-0.2, 0) is 10.2 Å². The summed E-state index contributed by atoms with van der Waals surface area (Å²) < 4.78 is 26.5. The summed E-state index contributed by atoms with van der Waals surface area (Å²) in [5.41, 5.74) is -1.67.